The first-order valence-corrected chi connectivity index (χ1v) is 9.62. The number of ketones is 1. The number of pyridine rings is 2. The molecule has 0 bridgehead atoms. The number of aryl methyl sites for hydroxylation is 3. The molecule has 0 saturated heterocycles. The first-order valence-electron chi connectivity index (χ1n) is 9.62. The predicted molar refractivity (Wildman–Crippen MR) is 114 cm³/mol. The number of nitrogen functional groups attached to an aromatic ring is 1. The van der Waals surface area contributed by atoms with Crippen LogP contribution < -0.4 is 5.73 Å². The second-order valence-electron chi connectivity index (χ2n) is 7.31. The van der Waals surface area contributed by atoms with Crippen molar-refractivity contribution >= 4 is 22.5 Å². The first kappa shape index (κ1) is 18.8. The number of Topliss-reactive ketones (excluding diaryl/α,β-unsaturated/α-hetero) is 1. The third-order valence-electron chi connectivity index (χ3n) is 5.03. The summed E-state index contributed by atoms with van der Waals surface area (Å²) in [6, 6.07) is 14.0. The van der Waals surface area contributed by atoms with Gasteiger partial charge in [0, 0.05) is 29.4 Å². The van der Waals surface area contributed by atoms with E-state index in [1.54, 1.807) is 16.9 Å². The molecule has 0 unspecified atom stereocenters. The molecule has 0 aliphatic carbocycles. The van der Waals surface area contributed by atoms with Crippen molar-refractivity contribution in [3.8, 4) is 0 Å². The lowest BCUT2D eigenvalue weighted by Crippen LogP contribution is -2.03. The molecule has 3 aromatic heterocycles. The summed E-state index contributed by atoms with van der Waals surface area (Å²) in [6.07, 6.45) is 4.51. The lowest BCUT2D eigenvalue weighted by atomic mass is 10.0. The minimum absolute atomic E-state index is 0.0747. The Hall–Kier alpha value is -3.54. The highest BCUT2D eigenvalue weighted by Crippen LogP contribution is 2.16. The molecule has 0 amide bonds. The van der Waals surface area contributed by atoms with Crippen molar-refractivity contribution < 1.29 is 4.79 Å². The largest absolute Gasteiger partial charge is 0.384 e. The summed E-state index contributed by atoms with van der Waals surface area (Å²) >= 11 is 0. The molecule has 0 radical (unpaired) electrons. The zero-order valence-electron chi connectivity index (χ0n) is 16.6. The van der Waals surface area contributed by atoms with Crippen molar-refractivity contribution in [2.45, 2.75) is 33.2 Å². The highest BCUT2D eigenvalue weighted by Gasteiger charge is 2.11. The van der Waals surface area contributed by atoms with Crippen LogP contribution in [0.5, 0.6) is 0 Å². The maximum atomic E-state index is 12.6. The lowest BCUT2D eigenvalue weighted by Gasteiger charge is -2.05. The van der Waals surface area contributed by atoms with E-state index in [-0.39, 0.29) is 5.78 Å². The normalized spacial score (nSPS) is 11.1. The quantitative estimate of drug-likeness (QED) is 0.509. The standard InChI is InChI=1S/C23H23N5O/c1-15-3-5-19-11-17(4-8-21(19)26-15)13-28-14-20(12-25-28)22(29)9-6-18-7-10-23(24)27-16(18)2/h3-5,7-8,10-12,14H,6,9,13H2,1-2H3,(H2,24,27). The number of hydrogen-bond acceptors (Lipinski definition) is 5. The van der Waals surface area contributed by atoms with Crippen LogP contribution in [0.4, 0.5) is 5.82 Å². The highest BCUT2D eigenvalue weighted by atomic mass is 16.1. The summed E-state index contributed by atoms with van der Waals surface area (Å²) in [4.78, 5) is 21.3. The van der Waals surface area contributed by atoms with E-state index in [4.69, 9.17) is 5.73 Å². The molecule has 6 heteroatoms. The van der Waals surface area contributed by atoms with Gasteiger partial charge < -0.3 is 5.73 Å². The second-order valence-corrected chi connectivity index (χ2v) is 7.31. The van der Waals surface area contributed by atoms with Crippen molar-refractivity contribution in [2.75, 3.05) is 5.73 Å². The van der Waals surface area contributed by atoms with Crippen LogP contribution in [0.3, 0.4) is 0 Å². The fourth-order valence-corrected chi connectivity index (χ4v) is 3.42. The summed E-state index contributed by atoms with van der Waals surface area (Å²) in [5, 5.41) is 5.46. The molecule has 0 spiro atoms. The average Bonchev–Trinajstić information content (AvgIpc) is 3.16. The number of nitrogens with two attached hydrogens (primary N) is 1. The Balaban J connectivity index is 1.42. The molecular formula is C23H23N5O. The smallest absolute Gasteiger partial charge is 0.166 e. The van der Waals surface area contributed by atoms with Crippen molar-refractivity contribution in [2.24, 2.45) is 0 Å². The van der Waals surface area contributed by atoms with E-state index in [9.17, 15) is 4.79 Å². The molecule has 2 N–H and O–H groups in total. The number of benzene rings is 1. The first-order chi connectivity index (χ1) is 14.0. The van der Waals surface area contributed by atoms with Gasteiger partial charge in [0.2, 0.25) is 0 Å². The fraction of sp³-hybridized carbons (Fsp3) is 0.217. The molecule has 1 aromatic carbocycles. The van der Waals surface area contributed by atoms with E-state index in [1.165, 1.54) is 0 Å². The van der Waals surface area contributed by atoms with Crippen molar-refractivity contribution in [3.63, 3.8) is 0 Å². The Morgan fingerprint density at radius 1 is 1.07 bits per heavy atom. The number of rotatable bonds is 6. The molecule has 4 rings (SSSR count). The van der Waals surface area contributed by atoms with Crippen LogP contribution in [0.15, 0.2) is 54.9 Å². The van der Waals surface area contributed by atoms with Gasteiger partial charge in [0.1, 0.15) is 5.82 Å². The molecule has 0 fully saturated rings. The van der Waals surface area contributed by atoms with Gasteiger partial charge in [-0.2, -0.15) is 5.10 Å². The van der Waals surface area contributed by atoms with E-state index >= 15 is 0 Å². The van der Waals surface area contributed by atoms with Gasteiger partial charge in [0.05, 0.1) is 23.8 Å². The Bertz CT molecular complexity index is 1200. The van der Waals surface area contributed by atoms with Crippen molar-refractivity contribution in [3.05, 3.63) is 82.9 Å². The van der Waals surface area contributed by atoms with Crippen molar-refractivity contribution in [1.82, 2.24) is 19.7 Å². The highest BCUT2D eigenvalue weighted by molar-refractivity contribution is 5.95. The number of hydrogen-bond donors (Lipinski definition) is 1. The van der Waals surface area contributed by atoms with Gasteiger partial charge in [-0.25, -0.2) is 4.98 Å². The average molecular weight is 385 g/mol. The second kappa shape index (κ2) is 7.83. The van der Waals surface area contributed by atoms with Crippen LogP contribution in [0.1, 0.15) is 39.3 Å². The maximum Gasteiger partial charge on any atom is 0.166 e. The number of carbonyl (C=O) groups is 1. The minimum atomic E-state index is 0.0747. The Kier molecular flexibility index (Phi) is 5.08. The van der Waals surface area contributed by atoms with Gasteiger partial charge >= 0.3 is 0 Å². The van der Waals surface area contributed by atoms with Gasteiger partial charge in [-0.15, -0.1) is 0 Å². The summed E-state index contributed by atoms with van der Waals surface area (Å²) in [6.45, 7) is 4.51. The van der Waals surface area contributed by atoms with E-state index in [0.717, 1.165) is 33.4 Å². The lowest BCUT2D eigenvalue weighted by molar-refractivity contribution is 0.0982. The summed E-state index contributed by atoms with van der Waals surface area (Å²) < 4.78 is 1.80. The summed E-state index contributed by atoms with van der Waals surface area (Å²) in [5.41, 5.74) is 11.3. The van der Waals surface area contributed by atoms with E-state index in [1.807, 2.05) is 38.2 Å². The Morgan fingerprint density at radius 3 is 2.76 bits per heavy atom. The minimum Gasteiger partial charge on any atom is -0.384 e. The van der Waals surface area contributed by atoms with E-state index < -0.39 is 0 Å². The van der Waals surface area contributed by atoms with Crippen LogP contribution in [0.2, 0.25) is 0 Å². The van der Waals surface area contributed by atoms with E-state index in [0.29, 0.717) is 30.8 Å². The molecule has 0 saturated carbocycles. The molecule has 6 nitrogen and oxygen atoms in total. The number of nitrogens with zero attached hydrogens (tertiary/aromatic N) is 4. The molecule has 146 valence electrons. The third-order valence-corrected chi connectivity index (χ3v) is 5.03. The Labute approximate surface area is 169 Å². The maximum absolute atomic E-state index is 12.6. The number of aromatic nitrogens is 4. The Morgan fingerprint density at radius 2 is 1.93 bits per heavy atom. The predicted octanol–water partition coefficient (Wildman–Crippen LogP) is 3.89. The van der Waals surface area contributed by atoms with Gasteiger partial charge in [-0.3, -0.25) is 14.5 Å². The molecule has 3 heterocycles. The van der Waals surface area contributed by atoms with E-state index in [2.05, 4.69) is 33.3 Å². The number of fused-ring (bicyclic) bond motifs is 1. The van der Waals surface area contributed by atoms with Crippen molar-refractivity contribution in [1.29, 1.82) is 0 Å². The molecule has 0 aliphatic heterocycles. The van der Waals surface area contributed by atoms with Crippen LogP contribution in [-0.2, 0) is 13.0 Å². The zero-order chi connectivity index (χ0) is 20.4. The molecule has 0 atom stereocenters. The molecule has 29 heavy (non-hydrogen) atoms. The molecular weight excluding hydrogens is 362 g/mol. The summed E-state index contributed by atoms with van der Waals surface area (Å²) in [5.74, 6) is 0.573. The fourth-order valence-electron chi connectivity index (χ4n) is 3.42. The van der Waals surface area contributed by atoms with Crippen LogP contribution in [0, 0.1) is 13.8 Å². The van der Waals surface area contributed by atoms with Crippen LogP contribution in [0.25, 0.3) is 10.9 Å². The van der Waals surface area contributed by atoms with Gasteiger partial charge in [0.25, 0.3) is 0 Å². The summed E-state index contributed by atoms with van der Waals surface area (Å²) in [7, 11) is 0. The zero-order valence-corrected chi connectivity index (χ0v) is 16.6. The van der Waals surface area contributed by atoms with Gasteiger partial charge in [-0.05, 0) is 55.7 Å². The number of carbonyl (C=O) groups excluding carboxylic acids is 1. The molecule has 4 aromatic rings. The third kappa shape index (κ3) is 4.32. The van der Waals surface area contributed by atoms with Crippen LogP contribution >= 0.6 is 0 Å². The SMILES string of the molecule is Cc1ccc2cc(Cn3cc(C(=O)CCc4ccc(N)nc4C)cn3)ccc2n1. The monoisotopic (exact) mass is 385 g/mol. The van der Waals surface area contributed by atoms with Crippen LogP contribution in [-0.4, -0.2) is 25.5 Å². The molecule has 0 aliphatic rings. The van der Waals surface area contributed by atoms with Gasteiger partial charge in [0.15, 0.2) is 5.78 Å². The number of anilines is 1. The topological polar surface area (TPSA) is 86.7 Å². The van der Waals surface area contributed by atoms with Gasteiger partial charge in [-0.1, -0.05) is 18.2 Å².